The zero-order valence-corrected chi connectivity index (χ0v) is 41.3. The van der Waals surface area contributed by atoms with Crippen molar-refractivity contribution in [3.05, 3.63) is 12.2 Å². The molecule has 362 valence electrons. The lowest BCUT2D eigenvalue weighted by Gasteiger charge is -2.24. The van der Waals surface area contributed by atoms with Gasteiger partial charge in [0.2, 0.25) is 5.91 Å². The Morgan fingerprint density at radius 3 is 1.16 bits per heavy atom. The van der Waals surface area contributed by atoms with Crippen LogP contribution in [0.5, 0.6) is 0 Å². The number of esters is 1. The van der Waals surface area contributed by atoms with E-state index < -0.39 is 18.2 Å². The molecule has 0 heterocycles. The van der Waals surface area contributed by atoms with Gasteiger partial charge >= 0.3 is 5.97 Å². The highest BCUT2D eigenvalue weighted by molar-refractivity contribution is 5.77. The van der Waals surface area contributed by atoms with Crippen LogP contribution in [-0.4, -0.2) is 46.9 Å². The molecule has 0 aliphatic carbocycles. The van der Waals surface area contributed by atoms with E-state index in [1.165, 1.54) is 205 Å². The van der Waals surface area contributed by atoms with E-state index in [-0.39, 0.29) is 24.9 Å². The summed E-state index contributed by atoms with van der Waals surface area (Å²) in [4.78, 5) is 26.2. The molecule has 0 aliphatic heterocycles. The Morgan fingerprint density at radius 1 is 0.459 bits per heavy atom. The minimum atomic E-state index is -0.784. The molecule has 0 aromatic rings. The lowest BCUT2D eigenvalue weighted by atomic mass is 10.0. The Bertz CT molecular complexity index is 924. The average Bonchev–Trinajstić information content (AvgIpc) is 3.25. The van der Waals surface area contributed by atoms with Gasteiger partial charge in [0.1, 0.15) is 6.10 Å². The molecule has 0 aliphatic rings. The summed E-state index contributed by atoms with van der Waals surface area (Å²) in [5.74, 6) is -0.473. The molecule has 61 heavy (non-hydrogen) atoms. The molecular formula is C55H107NO5. The average molecular weight is 862 g/mol. The third kappa shape index (κ3) is 45.0. The van der Waals surface area contributed by atoms with Crippen LogP contribution in [0.3, 0.4) is 0 Å². The van der Waals surface area contributed by atoms with Crippen LogP contribution in [0.15, 0.2) is 12.2 Å². The minimum Gasteiger partial charge on any atom is -0.462 e. The first-order valence-corrected chi connectivity index (χ1v) is 27.4. The van der Waals surface area contributed by atoms with Crippen molar-refractivity contribution in [2.24, 2.45) is 0 Å². The van der Waals surface area contributed by atoms with Crippen LogP contribution < -0.4 is 5.32 Å². The van der Waals surface area contributed by atoms with Crippen LogP contribution >= 0.6 is 0 Å². The number of unbranched alkanes of at least 4 members (excludes halogenated alkanes) is 36. The highest BCUT2D eigenvalue weighted by Gasteiger charge is 2.24. The van der Waals surface area contributed by atoms with Gasteiger partial charge in [-0.1, -0.05) is 251 Å². The standard InChI is InChI=1S/C55H107NO5/c1-4-7-10-13-16-19-22-25-27-29-31-34-37-40-43-46-51(61-55(60)48-45-42-39-36-33-28-24-21-18-15-12-9-6-3)49-54(59)56-52(50-57)53(58)47-44-41-38-35-32-30-26-23-20-17-14-11-8-5-2/h28,33,51-53,57-58H,4-27,29-32,34-50H2,1-3H3,(H,56,59)/b33-28-. The van der Waals surface area contributed by atoms with E-state index in [2.05, 4.69) is 38.2 Å². The number of rotatable bonds is 50. The molecule has 0 rings (SSSR count). The van der Waals surface area contributed by atoms with Crippen molar-refractivity contribution in [3.8, 4) is 0 Å². The number of amides is 1. The lowest BCUT2D eigenvalue weighted by Crippen LogP contribution is -2.46. The first kappa shape index (κ1) is 59.6. The maximum atomic E-state index is 13.2. The number of hydrogen-bond donors (Lipinski definition) is 3. The van der Waals surface area contributed by atoms with E-state index in [9.17, 15) is 19.8 Å². The van der Waals surface area contributed by atoms with Crippen molar-refractivity contribution >= 4 is 11.9 Å². The second kappa shape index (κ2) is 49.6. The molecule has 0 saturated carbocycles. The van der Waals surface area contributed by atoms with Crippen LogP contribution in [0.2, 0.25) is 0 Å². The highest BCUT2D eigenvalue weighted by atomic mass is 16.5. The second-order valence-electron chi connectivity index (χ2n) is 19.0. The summed E-state index contributed by atoms with van der Waals surface area (Å²) in [5, 5.41) is 23.8. The molecule has 0 aromatic heterocycles. The first-order valence-electron chi connectivity index (χ1n) is 27.4. The predicted molar refractivity (Wildman–Crippen MR) is 264 cm³/mol. The van der Waals surface area contributed by atoms with Gasteiger partial charge in [-0.3, -0.25) is 9.59 Å². The van der Waals surface area contributed by atoms with Crippen LogP contribution in [0.4, 0.5) is 0 Å². The lowest BCUT2D eigenvalue weighted by molar-refractivity contribution is -0.151. The molecule has 3 atom stereocenters. The summed E-state index contributed by atoms with van der Waals surface area (Å²) in [6, 6.07) is -0.698. The second-order valence-corrected chi connectivity index (χ2v) is 19.0. The molecule has 3 unspecified atom stereocenters. The fourth-order valence-corrected chi connectivity index (χ4v) is 8.66. The number of hydrogen-bond acceptors (Lipinski definition) is 5. The molecule has 0 aromatic carbocycles. The van der Waals surface area contributed by atoms with E-state index >= 15 is 0 Å². The molecule has 6 nitrogen and oxygen atoms in total. The maximum Gasteiger partial charge on any atom is 0.306 e. The first-order chi connectivity index (χ1) is 30.0. The number of carbonyl (C=O) groups is 2. The van der Waals surface area contributed by atoms with E-state index in [4.69, 9.17) is 4.74 Å². The van der Waals surface area contributed by atoms with Gasteiger partial charge in [0.15, 0.2) is 0 Å². The zero-order chi connectivity index (χ0) is 44.5. The third-order valence-corrected chi connectivity index (χ3v) is 12.8. The smallest absolute Gasteiger partial charge is 0.306 e. The van der Waals surface area contributed by atoms with Crippen LogP contribution in [0, 0.1) is 0 Å². The summed E-state index contributed by atoms with van der Waals surface area (Å²) in [6.07, 6.45) is 55.6. The number of ether oxygens (including phenoxy) is 1. The molecule has 0 spiro atoms. The minimum absolute atomic E-state index is 0.0792. The molecule has 0 fully saturated rings. The Balaban J connectivity index is 4.54. The van der Waals surface area contributed by atoms with Gasteiger partial charge in [0.25, 0.3) is 0 Å². The van der Waals surface area contributed by atoms with Gasteiger partial charge in [-0.25, -0.2) is 0 Å². The fourth-order valence-electron chi connectivity index (χ4n) is 8.66. The normalized spacial score (nSPS) is 13.2. The number of nitrogens with one attached hydrogen (secondary N) is 1. The maximum absolute atomic E-state index is 13.2. The molecule has 3 N–H and O–H groups in total. The van der Waals surface area contributed by atoms with Gasteiger partial charge < -0.3 is 20.3 Å². The van der Waals surface area contributed by atoms with E-state index in [0.29, 0.717) is 19.3 Å². The zero-order valence-electron chi connectivity index (χ0n) is 41.3. The van der Waals surface area contributed by atoms with Gasteiger partial charge in [-0.2, -0.15) is 0 Å². The van der Waals surface area contributed by atoms with Crippen molar-refractivity contribution in [2.75, 3.05) is 6.61 Å². The van der Waals surface area contributed by atoms with Crippen LogP contribution in [0.25, 0.3) is 0 Å². The van der Waals surface area contributed by atoms with Gasteiger partial charge in [-0.05, 0) is 51.4 Å². The Hall–Kier alpha value is -1.40. The van der Waals surface area contributed by atoms with Crippen molar-refractivity contribution in [2.45, 2.75) is 322 Å². The van der Waals surface area contributed by atoms with E-state index in [1.807, 2.05) is 0 Å². The summed E-state index contributed by atoms with van der Waals surface area (Å²) >= 11 is 0. The van der Waals surface area contributed by atoms with E-state index in [1.54, 1.807) is 0 Å². The topological polar surface area (TPSA) is 95.9 Å². The summed E-state index contributed by atoms with van der Waals surface area (Å²) < 4.78 is 5.94. The van der Waals surface area contributed by atoms with E-state index in [0.717, 1.165) is 51.4 Å². The predicted octanol–water partition coefficient (Wildman–Crippen LogP) is 16.5. The number of aliphatic hydroxyl groups is 2. The van der Waals surface area contributed by atoms with Crippen molar-refractivity contribution in [1.29, 1.82) is 0 Å². The van der Waals surface area contributed by atoms with Gasteiger partial charge in [0, 0.05) is 6.42 Å². The highest BCUT2D eigenvalue weighted by Crippen LogP contribution is 2.19. The fraction of sp³-hybridized carbons (Fsp3) is 0.927. The van der Waals surface area contributed by atoms with Crippen molar-refractivity contribution in [3.63, 3.8) is 0 Å². The van der Waals surface area contributed by atoms with Crippen LogP contribution in [0.1, 0.15) is 303 Å². The quantitative estimate of drug-likeness (QED) is 0.0322. The monoisotopic (exact) mass is 862 g/mol. The summed E-state index contributed by atoms with van der Waals surface area (Å²) in [6.45, 7) is 6.51. The Kier molecular flexibility index (Phi) is 48.5. The Morgan fingerprint density at radius 2 is 0.787 bits per heavy atom. The molecule has 6 heteroatoms. The van der Waals surface area contributed by atoms with Crippen molar-refractivity contribution in [1.82, 2.24) is 5.32 Å². The Labute approximate surface area is 380 Å². The van der Waals surface area contributed by atoms with Crippen molar-refractivity contribution < 1.29 is 24.5 Å². The molecule has 0 bridgehead atoms. The van der Waals surface area contributed by atoms with Gasteiger partial charge in [0.05, 0.1) is 25.2 Å². The largest absolute Gasteiger partial charge is 0.462 e. The summed E-state index contributed by atoms with van der Waals surface area (Å²) in [5.41, 5.74) is 0. The van der Waals surface area contributed by atoms with Gasteiger partial charge in [-0.15, -0.1) is 0 Å². The number of allylic oxidation sites excluding steroid dienone is 2. The third-order valence-electron chi connectivity index (χ3n) is 12.8. The number of aliphatic hydroxyl groups excluding tert-OH is 2. The molecule has 0 saturated heterocycles. The number of carbonyl (C=O) groups excluding carboxylic acids is 2. The molecular weight excluding hydrogens is 755 g/mol. The SMILES string of the molecule is CCCCCCCC/C=C\CCCCCC(=O)OC(CCCCCCCCCCCCCCCCC)CC(=O)NC(CO)C(O)CCCCCCCCCCCCCCCC. The summed E-state index contributed by atoms with van der Waals surface area (Å²) in [7, 11) is 0. The van der Waals surface area contributed by atoms with Crippen LogP contribution in [-0.2, 0) is 14.3 Å². The molecule has 0 radical (unpaired) electrons. The molecule has 1 amide bonds.